The molecule has 2 bridgehead atoms. The molecule has 0 unspecified atom stereocenters. The van der Waals surface area contributed by atoms with Crippen LogP contribution in [0.3, 0.4) is 0 Å². The van der Waals surface area contributed by atoms with E-state index in [9.17, 15) is 9.59 Å². The lowest BCUT2D eigenvalue weighted by Crippen LogP contribution is -2.55. The first-order valence-corrected chi connectivity index (χ1v) is 8.15. The van der Waals surface area contributed by atoms with Crippen LogP contribution in [0.1, 0.15) is 49.5 Å². The summed E-state index contributed by atoms with van der Waals surface area (Å²) in [6.45, 7) is 4.75. The van der Waals surface area contributed by atoms with Crippen LogP contribution in [-0.2, 0) is 0 Å². The molecule has 2 aliphatic heterocycles. The highest BCUT2D eigenvalue weighted by molar-refractivity contribution is 5.96. The van der Waals surface area contributed by atoms with Crippen molar-refractivity contribution < 1.29 is 9.53 Å². The first-order valence-electron chi connectivity index (χ1n) is 8.15. The molecule has 0 aliphatic carbocycles. The van der Waals surface area contributed by atoms with Gasteiger partial charge < -0.3 is 9.64 Å². The average molecular weight is 305 g/mol. The van der Waals surface area contributed by atoms with Gasteiger partial charge in [0.2, 0.25) is 5.43 Å². The number of hydrogen-bond donors (Lipinski definition) is 0. The molecule has 6 nitrogen and oxygen atoms in total. The minimum absolute atomic E-state index is 0.0950. The molecule has 2 aliphatic rings. The van der Waals surface area contributed by atoms with Crippen molar-refractivity contribution in [3.8, 4) is 5.75 Å². The van der Waals surface area contributed by atoms with Gasteiger partial charge >= 0.3 is 0 Å². The molecule has 0 radical (unpaired) electrons. The van der Waals surface area contributed by atoms with Crippen LogP contribution in [0.2, 0.25) is 0 Å². The summed E-state index contributed by atoms with van der Waals surface area (Å²) in [4.78, 5) is 26.8. The molecule has 22 heavy (non-hydrogen) atoms. The molecule has 1 saturated heterocycles. The van der Waals surface area contributed by atoms with Gasteiger partial charge in [-0.2, -0.15) is 0 Å². The second-order valence-electron chi connectivity index (χ2n) is 5.91. The number of unbranched alkanes of at least 4 members (excludes halogenated alkanes) is 1. The SMILES string of the molecule is CCCCOc1c2n(ccc1=O)N1CCCCCN(C1)C2=O. The Morgan fingerprint density at radius 3 is 2.82 bits per heavy atom. The van der Waals surface area contributed by atoms with Crippen molar-refractivity contribution in [3.05, 3.63) is 28.2 Å². The largest absolute Gasteiger partial charge is 0.487 e. The van der Waals surface area contributed by atoms with Gasteiger partial charge in [-0.05, 0) is 25.7 Å². The van der Waals surface area contributed by atoms with Crippen molar-refractivity contribution in [1.82, 2.24) is 9.58 Å². The Morgan fingerprint density at radius 1 is 1.18 bits per heavy atom. The van der Waals surface area contributed by atoms with E-state index in [0.717, 1.165) is 45.2 Å². The van der Waals surface area contributed by atoms with Crippen LogP contribution in [0.25, 0.3) is 0 Å². The minimum atomic E-state index is -0.213. The third-order valence-electron chi connectivity index (χ3n) is 4.25. The standard InChI is InChI=1S/C16H23N3O3/c1-2-3-11-22-15-13(20)7-10-19-14(15)16(21)17-8-5-4-6-9-18(19)12-17/h7,10H,2-6,8-9,11-12H2,1H3. The number of carbonyl (C=O) groups is 1. The summed E-state index contributed by atoms with van der Waals surface area (Å²) in [7, 11) is 0. The molecule has 0 N–H and O–H groups in total. The topological polar surface area (TPSA) is 54.8 Å². The fraction of sp³-hybridized carbons (Fsp3) is 0.625. The van der Waals surface area contributed by atoms with Gasteiger partial charge in [-0.15, -0.1) is 0 Å². The molecular formula is C16H23N3O3. The fourth-order valence-corrected chi connectivity index (χ4v) is 3.00. The zero-order chi connectivity index (χ0) is 15.5. The van der Waals surface area contributed by atoms with Gasteiger partial charge in [0.15, 0.2) is 11.4 Å². The molecular weight excluding hydrogens is 282 g/mol. The molecule has 1 aromatic heterocycles. The summed E-state index contributed by atoms with van der Waals surface area (Å²) in [5.74, 6) is 0.110. The van der Waals surface area contributed by atoms with E-state index in [1.807, 2.05) is 9.58 Å². The normalized spacial score (nSPS) is 17.8. The first kappa shape index (κ1) is 14.9. The van der Waals surface area contributed by atoms with Gasteiger partial charge in [0.1, 0.15) is 6.67 Å². The second kappa shape index (κ2) is 6.42. The molecule has 0 aromatic carbocycles. The van der Waals surface area contributed by atoms with Crippen LogP contribution in [0, 0.1) is 0 Å². The molecule has 0 saturated carbocycles. The maximum atomic E-state index is 12.8. The number of rotatable bonds is 4. The summed E-state index contributed by atoms with van der Waals surface area (Å²) in [6.07, 6.45) is 6.79. The number of fused-ring (bicyclic) bond motifs is 4. The van der Waals surface area contributed by atoms with Crippen LogP contribution < -0.4 is 15.2 Å². The average Bonchev–Trinajstić information content (AvgIpc) is 2.48. The summed E-state index contributed by atoms with van der Waals surface area (Å²) in [5.41, 5.74) is 0.173. The van der Waals surface area contributed by atoms with E-state index in [-0.39, 0.29) is 17.1 Å². The molecule has 1 amide bonds. The van der Waals surface area contributed by atoms with Crippen molar-refractivity contribution in [2.75, 3.05) is 31.4 Å². The van der Waals surface area contributed by atoms with E-state index in [1.165, 1.54) is 6.07 Å². The Balaban J connectivity index is 2.01. The quantitative estimate of drug-likeness (QED) is 0.792. The molecule has 0 spiro atoms. The molecule has 3 rings (SSSR count). The van der Waals surface area contributed by atoms with Gasteiger partial charge in [-0.25, -0.2) is 0 Å². The van der Waals surface area contributed by atoms with Crippen molar-refractivity contribution in [3.63, 3.8) is 0 Å². The number of pyridine rings is 1. The highest BCUT2D eigenvalue weighted by Gasteiger charge is 2.33. The Kier molecular flexibility index (Phi) is 4.36. The number of hydrogen-bond acceptors (Lipinski definition) is 4. The highest BCUT2D eigenvalue weighted by Crippen LogP contribution is 2.23. The van der Waals surface area contributed by atoms with E-state index in [0.29, 0.717) is 19.0 Å². The van der Waals surface area contributed by atoms with E-state index in [4.69, 9.17) is 4.74 Å². The number of carbonyl (C=O) groups excluding carboxylic acids is 1. The van der Waals surface area contributed by atoms with Gasteiger partial charge in [0.25, 0.3) is 5.91 Å². The summed E-state index contributed by atoms with van der Waals surface area (Å²) >= 11 is 0. The summed E-state index contributed by atoms with van der Waals surface area (Å²) in [6, 6.07) is 1.49. The first-order chi connectivity index (χ1) is 10.7. The molecule has 6 heteroatoms. The predicted octanol–water partition coefficient (Wildman–Crippen LogP) is 1.56. The van der Waals surface area contributed by atoms with Crippen molar-refractivity contribution in [2.45, 2.75) is 39.0 Å². The van der Waals surface area contributed by atoms with Crippen LogP contribution in [0.15, 0.2) is 17.1 Å². The van der Waals surface area contributed by atoms with Crippen LogP contribution in [0.5, 0.6) is 5.75 Å². The lowest BCUT2D eigenvalue weighted by atomic mass is 10.1. The van der Waals surface area contributed by atoms with E-state index in [2.05, 4.69) is 11.9 Å². The van der Waals surface area contributed by atoms with Crippen molar-refractivity contribution >= 4 is 5.91 Å². The summed E-state index contributed by atoms with van der Waals surface area (Å²) in [5, 5.41) is 2.11. The van der Waals surface area contributed by atoms with E-state index in [1.54, 1.807) is 6.20 Å². The Hall–Kier alpha value is -1.98. The van der Waals surface area contributed by atoms with E-state index < -0.39 is 0 Å². The fourth-order valence-electron chi connectivity index (χ4n) is 3.00. The smallest absolute Gasteiger partial charge is 0.277 e. The number of amides is 1. The van der Waals surface area contributed by atoms with Crippen LogP contribution in [-0.4, -0.2) is 41.8 Å². The monoisotopic (exact) mass is 305 g/mol. The molecule has 3 heterocycles. The zero-order valence-electron chi connectivity index (χ0n) is 13.1. The Morgan fingerprint density at radius 2 is 2.00 bits per heavy atom. The Labute approximate surface area is 130 Å². The van der Waals surface area contributed by atoms with Gasteiger partial charge in [0, 0.05) is 25.4 Å². The molecule has 1 fully saturated rings. The van der Waals surface area contributed by atoms with Crippen molar-refractivity contribution in [1.29, 1.82) is 0 Å². The number of ether oxygens (including phenoxy) is 1. The van der Waals surface area contributed by atoms with E-state index >= 15 is 0 Å². The van der Waals surface area contributed by atoms with Crippen molar-refractivity contribution in [2.24, 2.45) is 0 Å². The third kappa shape index (κ3) is 2.69. The molecule has 0 atom stereocenters. The lowest BCUT2D eigenvalue weighted by Gasteiger charge is -2.41. The van der Waals surface area contributed by atoms with Crippen LogP contribution >= 0.6 is 0 Å². The molecule has 1 aromatic rings. The van der Waals surface area contributed by atoms with Gasteiger partial charge in [-0.1, -0.05) is 13.3 Å². The van der Waals surface area contributed by atoms with Crippen LogP contribution in [0.4, 0.5) is 0 Å². The highest BCUT2D eigenvalue weighted by atomic mass is 16.5. The predicted molar refractivity (Wildman–Crippen MR) is 83.9 cm³/mol. The molecule has 120 valence electrons. The second-order valence-corrected chi connectivity index (χ2v) is 5.91. The van der Waals surface area contributed by atoms with Gasteiger partial charge in [0.05, 0.1) is 6.61 Å². The number of aromatic nitrogens is 1. The maximum absolute atomic E-state index is 12.8. The van der Waals surface area contributed by atoms with Gasteiger partial charge in [-0.3, -0.25) is 19.3 Å². The lowest BCUT2D eigenvalue weighted by molar-refractivity contribution is 0.0670. The minimum Gasteiger partial charge on any atom is -0.487 e. The Bertz CT molecular complexity index is 611. The third-order valence-corrected chi connectivity index (χ3v) is 4.25. The maximum Gasteiger partial charge on any atom is 0.277 e. The zero-order valence-corrected chi connectivity index (χ0v) is 13.1. The summed E-state index contributed by atoms with van der Waals surface area (Å²) < 4.78 is 7.49. The number of nitrogens with zero attached hydrogens (tertiary/aromatic N) is 3.